The highest BCUT2D eigenvalue weighted by molar-refractivity contribution is 7.88. The molecule has 2 fully saturated rings. The highest BCUT2D eigenvalue weighted by Gasteiger charge is 2.25. The summed E-state index contributed by atoms with van der Waals surface area (Å²) in [4.78, 5) is 4.75. The number of rotatable bonds is 7. The molecule has 7 nitrogen and oxygen atoms in total. The molecule has 8 heteroatoms. The van der Waals surface area contributed by atoms with E-state index in [4.69, 9.17) is 9.73 Å². The monoisotopic (exact) mass is 422 g/mol. The molecule has 2 N–H and O–H groups in total. The quantitative estimate of drug-likeness (QED) is 0.520. The zero-order chi connectivity index (χ0) is 20.5. The lowest BCUT2D eigenvalue weighted by atomic mass is 9.96. The van der Waals surface area contributed by atoms with Crippen molar-refractivity contribution in [2.45, 2.75) is 57.4 Å². The van der Waals surface area contributed by atoms with Crippen LogP contribution in [0.5, 0.6) is 0 Å². The molecular weight excluding hydrogens is 388 g/mol. The van der Waals surface area contributed by atoms with Crippen LogP contribution in [-0.2, 0) is 27.1 Å². The first-order chi connectivity index (χ1) is 14.1. The predicted octanol–water partition coefficient (Wildman–Crippen LogP) is 2.24. The molecule has 1 aromatic rings. The van der Waals surface area contributed by atoms with Gasteiger partial charge in [-0.2, -0.15) is 4.31 Å². The van der Waals surface area contributed by atoms with Crippen LogP contribution in [-0.4, -0.2) is 57.6 Å². The molecule has 162 valence electrons. The Hall–Kier alpha value is -1.64. The minimum atomic E-state index is -3.36. The van der Waals surface area contributed by atoms with Crippen LogP contribution in [0.1, 0.15) is 50.2 Å². The van der Waals surface area contributed by atoms with Crippen molar-refractivity contribution in [3.05, 3.63) is 35.4 Å². The van der Waals surface area contributed by atoms with Gasteiger partial charge in [-0.05, 0) is 30.9 Å². The van der Waals surface area contributed by atoms with E-state index in [0.29, 0.717) is 38.9 Å². The molecule has 1 aliphatic heterocycles. The lowest BCUT2D eigenvalue weighted by Crippen LogP contribution is -2.44. The van der Waals surface area contributed by atoms with Gasteiger partial charge in [-0.3, -0.25) is 0 Å². The van der Waals surface area contributed by atoms with Crippen LogP contribution >= 0.6 is 0 Å². The molecule has 1 aliphatic carbocycles. The molecule has 1 heterocycles. The first kappa shape index (κ1) is 22.1. The van der Waals surface area contributed by atoms with Gasteiger partial charge in [0.25, 0.3) is 0 Å². The van der Waals surface area contributed by atoms with Gasteiger partial charge in [-0.1, -0.05) is 43.5 Å². The van der Waals surface area contributed by atoms with Crippen LogP contribution in [0.4, 0.5) is 0 Å². The second-order valence-electron chi connectivity index (χ2n) is 7.71. The number of ether oxygens (including phenoxy) is 1. The standard InChI is InChI=1S/C21H34N4O3S/c1-2-22-21(24-20-10-4-3-5-11-20)23-16-18-8-6-7-9-19(18)17-29(26,27)25-12-14-28-15-13-25/h6-9,20H,2-5,10-17H2,1H3,(H2,22,23,24). The summed E-state index contributed by atoms with van der Waals surface area (Å²) in [6, 6.07) is 8.17. The molecule has 1 saturated heterocycles. The van der Waals surface area contributed by atoms with Gasteiger partial charge >= 0.3 is 0 Å². The third-order valence-corrected chi connectivity index (χ3v) is 7.35. The van der Waals surface area contributed by atoms with E-state index in [0.717, 1.165) is 23.6 Å². The summed E-state index contributed by atoms with van der Waals surface area (Å²) in [5.74, 6) is 0.816. The molecule has 1 aromatic carbocycles. The molecule has 0 unspecified atom stereocenters. The van der Waals surface area contributed by atoms with Gasteiger partial charge in [0.15, 0.2) is 5.96 Å². The molecule has 0 aromatic heterocycles. The van der Waals surface area contributed by atoms with E-state index >= 15 is 0 Å². The number of sulfonamides is 1. The van der Waals surface area contributed by atoms with Gasteiger partial charge in [0, 0.05) is 25.7 Å². The molecule has 0 radical (unpaired) electrons. The molecule has 2 aliphatic rings. The summed E-state index contributed by atoms with van der Waals surface area (Å²) in [6.07, 6.45) is 6.20. The van der Waals surface area contributed by atoms with Gasteiger partial charge in [0.1, 0.15) is 0 Å². The van der Waals surface area contributed by atoms with Gasteiger partial charge in [-0.25, -0.2) is 13.4 Å². The minimum Gasteiger partial charge on any atom is -0.379 e. The third-order valence-electron chi connectivity index (χ3n) is 5.52. The van der Waals surface area contributed by atoms with E-state index in [9.17, 15) is 8.42 Å². The number of aliphatic imine (C=N–C) groups is 1. The maximum absolute atomic E-state index is 12.8. The van der Waals surface area contributed by atoms with Crippen molar-refractivity contribution in [3.63, 3.8) is 0 Å². The fourth-order valence-electron chi connectivity index (χ4n) is 3.89. The Balaban J connectivity index is 1.68. The summed E-state index contributed by atoms with van der Waals surface area (Å²) >= 11 is 0. The largest absolute Gasteiger partial charge is 0.379 e. The first-order valence-corrected chi connectivity index (χ1v) is 12.4. The van der Waals surface area contributed by atoms with Crippen LogP contribution in [0.25, 0.3) is 0 Å². The number of nitrogens with zero attached hydrogens (tertiary/aromatic N) is 2. The Morgan fingerprint density at radius 3 is 2.52 bits per heavy atom. The molecule has 0 amide bonds. The maximum Gasteiger partial charge on any atom is 0.218 e. The Labute approximate surface area is 175 Å². The van der Waals surface area contributed by atoms with Gasteiger partial charge < -0.3 is 15.4 Å². The van der Waals surface area contributed by atoms with Crippen molar-refractivity contribution in [2.24, 2.45) is 4.99 Å². The van der Waals surface area contributed by atoms with E-state index in [-0.39, 0.29) is 5.75 Å². The topological polar surface area (TPSA) is 83.0 Å². The number of benzene rings is 1. The fourth-order valence-corrected chi connectivity index (χ4v) is 5.45. The second-order valence-corrected chi connectivity index (χ2v) is 9.68. The molecule has 1 saturated carbocycles. The maximum atomic E-state index is 12.8. The Bertz CT molecular complexity index is 770. The number of guanidine groups is 1. The molecule has 0 atom stereocenters. The summed E-state index contributed by atoms with van der Waals surface area (Å²) < 4.78 is 32.5. The highest BCUT2D eigenvalue weighted by Crippen LogP contribution is 2.19. The van der Waals surface area contributed by atoms with Crippen LogP contribution < -0.4 is 10.6 Å². The second kappa shape index (κ2) is 10.9. The van der Waals surface area contributed by atoms with E-state index in [1.807, 2.05) is 24.3 Å². The van der Waals surface area contributed by atoms with Crippen LogP contribution in [0.3, 0.4) is 0 Å². The van der Waals surface area contributed by atoms with E-state index < -0.39 is 10.0 Å². The van der Waals surface area contributed by atoms with Gasteiger partial charge in [0.2, 0.25) is 10.0 Å². The third kappa shape index (κ3) is 6.69. The van der Waals surface area contributed by atoms with Crippen molar-refractivity contribution < 1.29 is 13.2 Å². The fraction of sp³-hybridized carbons (Fsp3) is 0.667. The molecular formula is C21H34N4O3S. The summed E-state index contributed by atoms with van der Waals surface area (Å²) in [5.41, 5.74) is 1.77. The number of hydrogen-bond donors (Lipinski definition) is 2. The van der Waals surface area contributed by atoms with Gasteiger partial charge in [-0.15, -0.1) is 0 Å². The van der Waals surface area contributed by atoms with Crippen LogP contribution in [0.2, 0.25) is 0 Å². The number of nitrogens with one attached hydrogen (secondary N) is 2. The van der Waals surface area contributed by atoms with Crippen LogP contribution in [0, 0.1) is 0 Å². The lowest BCUT2D eigenvalue weighted by Gasteiger charge is -2.26. The normalized spacial score (nSPS) is 19.8. The van der Waals surface area contributed by atoms with E-state index in [1.165, 1.54) is 36.4 Å². The van der Waals surface area contributed by atoms with E-state index in [2.05, 4.69) is 17.6 Å². The Kier molecular flexibility index (Phi) is 8.32. The van der Waals surface area contributed by atoms with E-state index in [1.54, 1.807) is 0 Å². The number of hydrogen-bond acceptors (Lipinski definition) is 4. The summed E-state index contributed by atoms with van der Waals surface area (Å²) in [5, 5.41) is 6.86. The average molecular weight is 423 g/mol. The van der Waals surface area contributed by atoms with Crippen molar-refractivity contribution in [3.8, 4) is 0 Å². The zero-order valence-corrected chi connectivity index (χ0v) is 18.2. The SMILES string of the molecule is CCNC(=NCc1ccccc1CS(=O)(=O)N1CCOCC1)NC1CCCCC1. The summed E-state index contributed by atoms with van der Waals surface area (Å²) in [7, 11) is -3.36. The first-order valence-electron chi connectivity index (χ1n) is 10.8. The lowest BCUT2D eigenvalue weighted by molar-refractivity contribution is 0.0729. The Morgan fingerprint density at radius 1 is 1.14 bits per heavy atom. The van der Waals surface area contributed by atoms with Crippen LogP contribution in [0.15, 0.2) is 29.3 Å². The molecule has 0 bridgehead atoms. The molecule has 3 rings (SSSR count). The highest BCUT2D eigenvalue weighted by atomic mass is 32.2. The zero-order valence-electron chi connectivity index (χ0n) is 17.4. The Morgan fingerprint density at radius 2 is 1.83 bits per heavy atom. The molecule has 0 spiro atoms. The van der Waals surface area contributed by atoms with Crippen molar-refractivity contribution in [1.29, 1.82) is 0 Å². The van der Waals surface area contributed by atoms with Crippen molar-refractivity contribution >= 4 is 16.0 Å². The average Bonchev–Trinajstić information content (AvgIpc) is 2.74. The summed E-state index contributed by atoms with van der Waals surface area (Å²) in [6.45, 7) is 5.09. The number of morpholine rings is 1. The minimum absolute atomic E-state index is 0.00524. The van der Waals surface area contributed by atoms with Crippen molar-refractivity contribution in [1.82, 2.24) is 14.9 Å². The van der Waals surface area contributed by atoms with Gasteiger partial charge in [0.05, 0.1) is 25.5 Å². The van der Waals surface area contributed by atoms with Crippen molar-refractivity contribution in [2.75, 3.05) is 32.8 Å². The smallest absolute Gasteiger partial charge is 0.218 e. The molecule has 29 heavy (non-hydrogen) atoms. The predicted molar refractivity (Wildman–Crippen MR) is 116 cm³/mol.